The summed E-state index contributed by atoms with van der Waals surface area (Å²) in [5.74, 6) is -0.295. The molecular weight excluding hydrogens is 609 g/mol. The Hall–Kier alpha value is -4.07. The van der Waals surface area contributed by atoms with Crippen molar-refractivity contribution in [2.24, 2.45) is 0 Å². The van der Waals surface area contributed by atoms with E-state index in [-0.39, 0.29) is 28.7 Å². The molecule has 0 saturated carbocycles. The third-order valence-corrected chi connectivity index (χ3v) is 9.04. The van der Waals surface area contributed by atoms with Crippen LogP contribution in [0.1, 0.15) is 53.8 Å². The van der Waals surface area contributed by atoms with Crippen LogP contribution in [0, 0.1) is 0 Å². The molecule has 0 spiro atoms. The summed E-state index contributed by atoms with van der Waals surface area (Å²) >= 11 is 12.2. The predicted molar refractivity (Wildman–Crippen MR) is 179 cm³/mol. The van der Waals surface area contributed by atoms with Crippen LogP contribution in [-0.4, -0.2) is 42.4 Å². The molecule has 2 fully saturated rings. The van der Waals surface area contributed by atoms with Crippen molar-refractivity contribution in [3.63, 3.8) is 0 Å². The Labute approximate surface area is 272 Å². The molecule has 2 saturated heterocycles. The molecule has 0 aliphatic carbocycles. The lowest BCUT2D eigenvalue weighted by Crippen LogP contribution is -2.37. The van der Waals surface area contributed by atoms with E-state index in [2.05, 4.69) is 34.5 Å². The van der Waals surface area contributed by atoms with Crippen molar-refractivity contribution in [1.29, 1.82) is 0 Å². The van der Waals surface area contributed by atoms with Gasteiger partial charge in [-0.2, -0.15) is 0 Å². The van der Waals surface area contributed by atoms with Crippen LogP contribution in [0.25, 0.3) is 11.0 Å². The Morgan fingerprint density at radius 3 is 2.42 bits per heavy atom. The van der Waals surface area contributed by atoms with E-state index in [0.717, 1.165) is 50.9 Å². The van der Waals surface area contributed by atoms with Gasteiger partial charge in [-0.1, -0.05) is 65.2 Å². The normalized spacial score (nSPS) is 16.1. The van der Waals surface area contributed by atoms with Crippen LogP contribution in [0.15, 0.2) is 93.7 Å². The van der Waals surface area contributed by atoms with Gasteiger partial charge in [-0.15, -0.1) is 0 Å². The number of hydrogen-bond donors (Lipinski definition) is 1. The second kappa shape index (κ2) is 13.9. The maximum absolute atomic E-state index is 13.4. The second-order valence-electron chi connectivity index (χ2n) is 11.7. The van der Waals surface area contributed by atoms with E-state index in [9.17, 15) is 14.4 Å². The molecule has 45 heavy (non-hydrogen) atoms. The van der Waals surface area contributed by atoms with Crippen molar-refractivity contribution in [2.45, 2.75) is 51.1 Å². The molecular formula is C36H35Cl2N3O4. The fraction of sp³-hybridized carbons (Fsp3) is 0.306. The number of nitrogens with zero attached hydrogens (tertiary/aromatic N) is 2. The number of carbonyl (C=O) groups excluding carboxylic acids is 2. The summed E-state index contributed by atoms with van der Waals surface area (Å²) in [6.45, 7) is 3.12. The number of carbonyl (C=O) groups is 2. The molecule has 9 heteroatoms. The molecule has 1 aromatic heterocycles. The Kier molecular flexibility index (Phi) is 9.57. The van der Waals surface area contributed by atoms with Gasteiger partial charge in [0.1, 0.15) is 5.58 Å². The highest BCUT2D eigenvalue weighted by Crippen LogP contribution is 2.29. The van der Waals surface area contributed by atoms with Gasteiger partial charge in [0.25, 0.3) is 5.91 Å². The fourth-order valence-electron chi connectivity index (χ4n) is 6.18. The summed E-state index contributed by atoms with van der Waals surface area (Å²) in [4.78, 5) is 43.0. The van der Waals surface area contributed by atoms with Crippen molar-refractivity contribution in [3.05, 3.63) is 122 Å². The van der Waals surface area contributed by atoms with Gasteiger partial charge in [0.2, 0.25) is 5.91 Å². The van der Waals surface area contributed by atoms with E-state index in [4.69, 9.17) is 27.6 Å². The summed E-state index contributed by atoms with van der Waals surface area (Å²) < 4.78 is 5.81. The van der Waals surface area contributed by atoms with Gasteiger partial charge in [0, 0.05) is 60.5 Å². The van der Waals surface area contributed by atoms with Crippen molar-refractivity contribution in [3.8, 4) is 0 Å². The first-order valence-electron chi connectivity index (χ1n) is 15.4. The number of benzene rings is 3. The lowest BCUT2D eigenvalue weighted by molar-refractivity contribution is -0.133. The monoisotopic (exact) mass is 643 g/mol. The van der Waals surface area contributed by atoms with E-state index in [1.165, 1.54) is 22.9 Å². The maximum atomic E-state index is 13.4. The fourth-order valence-corrected chi connectivity index (χ4v) is 6.47. The molecule has 0 radical (unpaired) electrons. The van der Waals surface area contributed by atoms with Crippen molar-refractivity contribution < 1.29 is 14.0 Å². The lowest BCUT2D eigenvalue weighted by atomic mass is 9.97. The number of piperidine rings is 2. The molecule has 1 atom stereocenters. The summed E-state index contributed by atoms with van der Waals surface area (Å²) in [6, 6.07) is 21.6. The zero-order chi connectivity index (χ0) is 31.3. The molecule has 232 valence electrons. The third-order valence-electron chi connectivity index (χ3n) is 8.56. The number of likely N-dealkylation sites (tertiary alicyclic amines) is 1. The average Bonchev–Trinajstić information content (AvgIpc) is 3.03. The number of rotatable bonds is 8. The molecule has 3 aromatic carbocycles. The van der Waals surface area contributed by atoms with E-state index in [1.54, 1.807) is 18.2 Å². The lowest BCUT2D eigenvalue weighted by Gasteiger charge is -2.34. The van der Waals surface area contributed by atoms with Crippen molar-refractivity contribution >= 4 is 51.7 Å². The minimum atomic E-state index is -0.469. The number of fused-ring (bicyclic) bond motifs is 1. The standard InChI is InChI=1S/C36H35Cl2N3O4/c37-27-10-8-24(9-11-27)19-29(39-36(44)34-22-32(42)30-13-12-28(38)21-33(30)45-34)20-25-14-17-40(18-15-25)31-6-2-1-5-26(31)23-41-16-4-3-7-35(41)43/h1-2,5-6,8-13,20-22,29H,3-4,7,14-19,23H2,(H,39,44)/t29-/m1/s1. The Morgan fingerprint density at radius 2 is 1.64 bits per heavy atom. The Morgan fingerprint density at radius 1 is 0.889 bits per heavy atom. The van der Waals surface area contributed by atoms with Gasteiger partial charge in [-0.3, -0.25) is 14.4 Å². The van der Waals surface area contributed by atoms with E-state index in [1.807, 2.05) is 35.2 Å². The number of para-hydroxylation sites is 1. The summed E-state index contributed by atoms with van der Waals surface area (Å²) in [6.07, 6.45) is 7.03. The van der Waals surface area contributed by atoms with Gasteiger partial charge < -0.3 is 19.5 Å². The van der Waals surface area contributed by atoms with E-state index < -0.39 is 5.91 Å². The summed E-state index contributed by atoms with van der Waals surface area (Å²) in [7, 11) is 0. The molecule has 7 nitrogen and oxygen atoms in total. The molecule has 2 aliphatic rings. The summed E-state index contributed by atoms with van der Waals surface area (Å²) in [5.41, 5.74) is 4.58. The van der Waals surface area contributed by atoms with Gasteiger partial charge >= 0.3 is 0 Å². The van der Waals surface area contributed by atoms with Gasteiger partial charge in [0.15, 0.2) is 11.2 Å². The minimum Gasteiger partial charge on any atom is -0.451 e. The highest BCUT2D eigenvalue weighted by atomic mass is 35.5. The molecule has 0 bridgehead atoms. The zero-order valence-electron chi connectivity index (χ0n) is 24.9. The van der Waals surface area contributed by atoms with Crippen LogP contribution in [0.2, 0.25) is 10.0 Å². The predicted octanol–water partition coefficient (Wildman–Crippen LogP) is 7.18. The van der Waals surface area contributed by atoms with Gasteiger partial charge in [0.05, 0.1) is 11.4 Å². The molecule has 3 heterocycles. The Balaban J connectivity index is 1.19. The largest absolute Gasteiger partial charge is 0.451 e. The molecule has 0 unspecified atom stereocenters. The number of anilines is 1. The first kappa shape index (κ1) is 30.9. The van der Waals surface area contributed by atoms with Crippen LogP contribution in [-0.2, 0) is 17.8 Å². The maximum Gasteiger partial charge on any atom is 0.287 e. The van der Waals surface area contributed by atoms with Crippen LogP contribution in [0.3, 0.4) is 0 Å². The highest BCUT2D eigenvalue weighted by Gasteiger charge is 2.23. The molecule has 4 aromatic rings. The first-order valence-corrected chi connectivity index (χ1v) is 16.2. The van der Waals surface area contributed by atoms with Gasteiger partial charge in [-0.25, -0.2) is 0 Å². The topological polar surface area (TPSA) is 82.9 Å². The SMILES string of the molecule is O=C(N[C@@H](C=C1CCN(c2ccccc2CN2CCCCC2=O)CC1)Cc1ccc(Cl)cc1)c1cc(=O)c2ccc(Cl)cc2o1. The third kappa shape index (κ3) is 7.60. The molecule has 2 aliphatic heterocycles. The van der Waals surface area contributed by atoms with E-state index >= 15 is 0 Å². The van der Waals surface area contributed by atoms with Crippen LogP contribution in [0.4, 0.5) is 5.69 Å². The van der Waals surface area contributed by atoms with Crippen molar-refractivity contribution in [1.82, 2.24) is 10.2 Å². The second-order valence-corrected chi connectivity index (χ2v) is 12.6. The van der Waals surface area contributed by atoms with Crippen LogP contribution >= 0.6 is 23.2 Å². The van der Waals surface area contributed by atoms with Crippen molar-refractivity contribution in [2.75, 3.05) is 24.5 Å². The molecule has 1 N–H and O–H groups in total. The first-order chi connectivity index (χ1) is 21.8. The number of hydrogen-bond acceptors (Lipinski definition) is 5. The molecule has 6 rings (SSSR count). The zero-order valence-corrected chi connectivity index (χ0v) is 26.4. The molecule has 2 amide bonds. The van der Waals surface area contributed by atoms with E-state index in [0.29, 0.717) is 34.8 Å². The highest BCUT2D eigenvalue weighted by molar-refractivity contribution is 6.31. The Bertz CT molecular complexity index is 1790. The minimum absolute atomic E-state index is 0.0621. The summed E-state index contributed by atoms with van der Waals surface area (Å²) in [5, 5.41) is 4.52. The van der Waals surface area contributed by atoms with Crippen LogP contribution in [0.5, 0.6) is 0 Å². The number of nitrogens with one attached hydrogen (secondary N) is 1. The average molecular weight is 645 g/mol. The number of amides is 2. The van der Waals surface area contributed by atoms with Crippen LogP contribution < -0.4 is 15.6 Å². The van der Waals surface area contributed by atoms with Gasteiger partial charge in [-0.05, 0) is 73.6 Å². The smallest absolute Gasteiger partial charge is 0.287 e. The number of halogens is 2. The quantitative estimate of drug-likeness (QED) is 0.206.